The zero-order chi connectivity index (χ0) is 21.0. The third-order valence-corrected chi connectivity index (χ3v) is 4.69. The number of benzene rings is 2. The smallest absolute Gasteiger partial charge is 0.257 e. The van der Waals surface area contributed by atoms with Crippen LogP contribution in [-0.4, -0.2) is 40.1 Å². The molecule has 3 aromatic rings. The van der Waals surface area contributed by atoms with Gasteiger partial charge in [-0.15, -0.1) is 0 Å². The Labute approximate surface area is 175 Å². The van der Waals surface area contributed by atoms with Crippen LogP contribution < -0.4 is 5.32 Å². The Kier molecular flexibility index (Phi) is 6.34. The van der Waals surface area contributed by atoms with E-state index in [-0.39, 0.29) is 24.3 Å². The Morgan fingerprint density at radius 3 is 2.38 bits per heavy atom. The Bertz CT molecular complexity index is 997. The van der Waals surface area contributed by atoms with Crippen molar-refractivity contribution < 1.29 is 9.59 Å². The number of likely N-dealkylation sites (N-methyl/N-ethyl adjacent to an activating group) is 1. The number of nitrogens with zero attached hydrogens (tertiary/aromatic N) is 3. The van der Waals surface area contributed by atoms with Crippen molar-refractivity contribution in [2.45, 2.75) is 19.8 Å². The zero-order valence-corrected chi connectivity index (χ0v) is 17.3. The molecule has 0 bridgehead atoms. The lowest BCUT2D eigenvalue weighted by Crippen LogP contribution is -2.35. The van der Waals surface area contributed by atoms with E-state index in [9.17, 15) is 9.59 Å². The summed E-state index contributed by atoms with van der Waals surface area (Å²) in [5.74, 6) is -0.459. The summed E-state index contributed by atoms with van der Waals surface area (Å²) in [6.07, 6.45) is 1.55. The fourth-order valence-electron chi connectivity index (χ4n) is 3.08. The lowest BCUT2D eigenvalue weighted by molar-refractivity contribution is -0.116. The van der Waals surface area contributed by atoms with Gasteiger partial charge in [-0.05, 0) is 42.3 Å². The summed E-state index contributed by atoms with van der Waals surface area (Å²) < 4.78 is 1.74. The molecular formula is C22H23ClN4O2. The van der Waals surface area contributed by atoms with Gasteiger partial charge in [-0.3, -0.25) is 9.59 Å². The van der Waals surface area contributed by atoms with Crippen molar-refractivity contribution in [3.8, 4) is 5.69 Å². The average Bonchev–Trinajstić information content (AvgIpc) is 3.14. The predicted octanol–water partition coefficient (Wildman–Crippen LogP) is 4.36. The maximum Gasteiger partial charge on any atom is 0.257 e. The number of nitrogens with one attached hydrogen (secondary N) is 1. The van der Waals surface area contributed by atoms with E-state index in [0.717, 1.165) is 11.4 Å². The topological polar surface area (TPSA) is 67.2 Å². The van der Waals surface area contributed by atoms with Crippen molar-refractivity contribution in [3.05, 3.63) is 77.1 Å². The number of para-hydroxylation sites is 1. The second-order valence-corrected chi connectivity index (χ2v) is 7.50. The van der Waals surface area contributed by atoms with E-state index < -0.39 is 0 Å². The van der Waals surface area contributed by atoms with Crippen molar-refractivity contribution in [1.29, 1.82) is 0 Å². The highest BCUT2D eigenvalue weighted by atomic mass is 35.5. The van der Waals surface area contributed by atoms with Gasteiger partial charge in [0.1, 0.15) is 0 Å². The van der Waals surface area contributed by atoms with Crippen LogP contribution in [-0.2, 0) is 4.79 Å². The normalized spacial score (nSPS) is 10.8. The molecule has 0 aliphatic carbocycles. The molecule has 150 valence electrons. The first kappa shape index (κ1) is 20.6. The number of carbonyl (C=O) groups excluding carboxylic acids is 2. The summed E-state index contributed by atoms with van der Waals surface area (Å²) in [4.78, 5) is 26.7. The molecule has 29 heavy (non-hydrogen) atoms. The fourth-order valence-corrected chi connectivity index (χ4v) is 3.21. The van der Waals surface area contributed by atoms with Crippen LogP contribution in [0, 0.1) is 0 Å². The monoisotopic (exact) mass is 410 g/mol. The second-order valence-electron chi connectivity index (χ2n) is 7.06. The zero-order valence-electron chi connectivity index (χ0n) is 16.6. The van der Waals surface area contributed by atoms with Crippen LogP contribution in [0.2, 0.25) is 5.02 Å². The Hall–Kier alpha value is -3.12. The predicted molar refractivity (Wildman–Crippen MR) is 115 cm³/mol. The molecule has 0 saturated carbocycles. The number of anilines is 1. The maximum absolute atomic E-state index is 13.0. The highest BCUT2D eigenvalue weighted by molar-refractivity contribution is 6.30. The third-order valence-electron chi connectivity index (χ3n) is 4.44. The summed E-state index contributed by atoms with van der Waals surface area (Å²) in [6.45, 7) is 3.95. The van der Waals surface area contributed by atoms with Gasteiger partial charge in [0.15, 0.2) is 0 Å². The van der Waals surface area contributed by atoms with E-state index in [1.165, 1.54) is 4.90 Å². The van der Waals surface area contributed by atoms with Crippen molar-refractivity contribution >= 4 is 29.1 Å². The molecule has 0 fully saturated rings. The molecular weight excluding hydrogens is 388 g/mol. The van der Waals surface area contributed by atoms with Gasteiger partial charge in [-0.1, -0.05) is 43.6 Å². The maximum atomic E-state index is 13.0. The molecule has 1 heterocycles. The largest absolute Gasteiger partial charge is 0.332 e. The molecule has 0 spiro atoms. The third kappa shape index (κ3) is 4.84. The fraction of sp³-hybridized carbons (Fsp3) is 0.227. The number of halogens is 1. The van der Waals surface area contributed by atoms with Crippen LogP contribution in [0.1, 0.15) is 35.8 Å². The molecule has 2 aromatic carbocycles. The lowest BCUT2D eigenvalue weighted by atomic mass is 10.0. The standard InChI is InChI=1S/C22H23ClN4O2/c1-15(2)21-19(13-24-27(21)18-11-9-16(23)10-12-18)22(29)26(3)14-20(28)25-17-7-5-4-6-8-17/h4-13,15H,14H2,1-3H3,(H,25,28). The van der Waals surface area contributed by atoms with Gasteiger partial charge in [0.05, 0.1) is 29.7 Å². The van der Waals surface area contributed by atoms with Crippen molar-refractivity contribution in [1.82, 2.24) is 14.7 Å². The number of hydrogen-bond acceptors (Lipinski definition) is 3. The summed E-state index contributed by atoms with van der Waals surface area (Å²) in [6, 6.07) is 16.4. The SMILES string of the molecule is CC(C)c1c(C(=O)N(C)CC(=O)Nc2ccccc2)cnn1-c1ccc(Cl)cc1. The summed E-state index contributed by atoms with van der Waals surface area (Å²) in [7, 11) is 1.61. The van der Waals surface area contributed by atoms with Crippen LogP contribution in [0.5, 0.6) is 0 Å². The highest BCUT2D eigenvalue weighted by Gasteiger charge is 2.24. The molecule has 0 aliphatic heterocycles. The molecule has 0 saturated heterocycles. The number of carbonyl (C=O) groups is 2. The molecule has 0 radical (unpaired) electrons. The highest BCUT2D eigenvalue weighted by Crippen LogP contribution is 2.25. The van der Waals surface area contributed by atoms with Gasteiger partial charge in [0.25, 0.3) is 5.91 Å². The van der Waals surface area contributed by atoms with Crippen LogP contribution in [0.4, 0.5) is 5.69 Å². The van der Waals surface area contributed by atoms with Gasteiger partial charge >= 0.3 is 0 Å². The number of aromatic nitrogens is 2. The van der Waals surface area contributed by atoms with E-state index in [2.05, 4.69) is 10.4 Å². The second kappa shape index (κ2) is 8.92. The first-order valence-electron chi connectivity index (χ1n) is 9.31. The van der Waals surface area contributed by atoms with Crippen molar-refractivity contribution in [2.24, 2.45) is 0 Å². The van der Waals surface area contributed by atoms with Gasteiger partial charge in [0, 0.05) is 17.8 Å². The van der Waals surface area contributed by atoms with E-state index >= 15 is 0 Å². The van der Waals surface area contributed by atoms with Crippen LogP contribution in [0.25, 0.3) is 5.69 Å². The number of rotatable bonds is 6. The van der Waals surface area contributed by atoms with Gasteiger partial charge in [-0.25, -0.2) is 4.68 Å². The van der Waals surface area contributed by atoms with Crippen molar-refractivity contribution in [3.63, 3.8) is 0 Å². The molecule has 1 aromatic heterocycles. The first-order chi connectivity index (χ1) is 13.9. The van der Waals surface area contributed by atoms with Gasteiger partial charge < -0.3 is 10.2 Å². The molecule has 1 N–H and O–H groups in total. The van der Waals surface area contributed by atoms with Crippen LogP contribution >= 0.6 is 11.6 Å². The van der Waals surface area contributed by atoms with E-state index in [0.29, 0.717) is 16.3 Å². The van der Waals surface area contributed by atoms with E-state index in [1.54, 1.807) is 42.2 Å². The minimum absolute atomic E-state index is 0.0543. The molecule has 2 amide bonds. The number of amides is 2. The summed E-state index contributed by atoms with van der Waals surface area (Å²) in [5, 5.41) is 7.83. The first-order valence-corrected chi connectivity index (χ1v) is 9.69. The lowest BCUT2D eigenvalue weighted by Gasteiger charge is -2.18. The molecule has 0 aliphatic rings. The Balaban J connectivity index is 1.79. The van der Waals surface area contributed by atoms with Gasteiger partial charge in [-0.2, -0.15) is 5.10 Å². The molecule has 3 rings (SSSR count). The number of hydrogen-bond donors (Lipinski definition) is 1. The molecule has 0 atom stereocenters. The Morgan fingerprint density at radius 2 is 1.76 bits per heavy atom. The van der Waals surface area contributed by atoms with E-state index in [4.69, 9.17) is 11.6 Å². The van der Waals surface area contributed by atoms with Crippen molar-refractivity contribution in [2.75, 3.05) is 18.9 Å². The Morgan fingerprint density at radius 1 is 1.10 bits per heavy atom. The molecule has 0 unspecified atom stereocenters. The quantitative estimate of drug-likeness (QED) is 0.656. The summed E-state index contributed by atoms with van der Waals surface area (Å²) in [5.41, 5.74) is 2.77. The molecule has 7 heteroatoms. The summed E-state index contributed by atoms with van der Waals surface area (Å²) >= 11 is 5.98. The van der Waals surface area contributed by atoms with Crippen LogP contribution in [0.15, 0.2) is 60.8 Å². The van der Waals surface area contributed by atoms with Crippen LogP contribution in [0.3, 0.4) is 0 Å². The minimum atomic E-state index is -0.261. The molecule has 6 nitrogen and oxygen atoms in total. The van der Waals surface area contributed by atoms with Gasteiger partial charge in [0.2, 0.25) is 5.91 Å². The minimum Gasteiger partial charge on any atom is -0.332 e. The van der Waals surface area contributed by atoms with E-state index in [1.807, 2.05) is 44.2 Å². The average molecular weight is 411 g/mol.